The van der Waals surface area contributed by atoms with Crippen LogP contribution in [0.2, 0.25) is 0 Å². The number of hydrogen-bond acceptors (Lipinski definition) is 4. The average molecular weight is 337 g/mol. The maximum absolute atomic E-state index is 12.4. The fraction of sp³-hybridized carbons (Fsp3) is 0.158. The van der Waals surface area contributed by atoms with Crippen LogP contribution in [0.1, 0.15) is 17.2 Å². The maximum Gasteiger partial charge on any atom is 0.259 e. The Balaban J connectivity index is 1.77. The van der Waals surface area contributed by atoms with E-state index in [9.17, 15) is 9.90 Å². The van der Waals surface area contributed by atoms with E-state index in [-0.39, 0.29) is 0 Å². The molecule has 0 saturated carbocycles. The van der Waals surface area contributed by atoms with Crippen molar-refractivity contribution in [3.63, 3.8) is 0 Å². The molecule has 1 unspecified atom stereocenters. The van der Waals surface area contributed by atoms with Gasteiger partial charge in [0.1, 0.15) is 5.75 Å². The SMILES string of the molecule is COc1cccc(C(O)C(=O)Nc2nn(-c3ccccc3)cc2C)c1. The molecule has 2 aromatic carbocycles. The molecule has 0 saturated heterocycles. The predicted octanol–water partition coefficient (Wildman–Crippen LogP) is 2.86. The highest BCUT2D eigenvalue weighted by Gasteiger charge is 2.20. The second-order valence-corrected chi connectivity index (χ2v) is 5.61. The molecule has 1 atom stereocenters. The van der Waals surface area contributed by atoms with Crippen LogP contribution in [0.5, 0.6) is 5.75 Å². The van der Waals surface area contributed by atoms with Crippen LogP contribution in [-0.4, -0.2) is 27.9 Å². The average Bonchev–Trinajstić information content (AvgIpc) is 3.02. The molecule has 25 heavy (non-hydrogen) atoms. The van der Waals surface area contributed by atoms with Crippen molar-refractivity contribution in [3.05, 3.63) is 71.9 Å². The number of aromatic nitrogens is 2. The second-order valence-electron chi connectivity index (χ2n) is 5.61. The monoisotopic (exact) mass is 337 g/mol. The fourth-order valence-electron chi connectivity index (χ4n) is 2.44. The lowest BCUT2D eigenvalue weighted by Gasteiger charge is -2.12. The third-order valence-corrected chi connectivity index (χ3v) is 3.82. The normalized spacial score (nSPS) is 11.8. The molecule has 3 aromatic rings. The van der Waals surface area contributed by atoms with E-state index in [1.54, 1.807) is 28.9 Å². The molecule has 128 valence electrons. The third kappa shape index (κ3) is 3.70. The zero-order chi connectivity index (χ0) is 17.8. The number of anilines is 1. The zero-order valence-corrected chi connectivity index (χ0v) is 14.0. The van der Waals surface area contributed by atoms with Crippen LogP contribution in [0.4, 0.5) is 5.82 Å². The van der Waals surface area contributed by atoms with Crippen molar-refractivity contribution in [2.24, 2.45) is 0 Å². The summed E-state index contributed by atoms with van der Waals surface area (Å²) in [4.78, 5) is 12.4. The van der Waals surface area contributed by atoms with Crippen LogP contribution in [0.25, 0.3) is 5.69 Å². The van der Waals surface area contributed by atoms with E-state index in [4.69, 9.17) is 4.74 Å². The third-order valence-electron chi connectivity index (χ3n) is 3.82. The van der Waals surface area contributed by atoms with Gasteiger partial charge in [-0.25, -0.2) is 4.68 Å². The first-order valence-corrected chi connectivity index (χ1v) is 7.83. The Morgan fingerprint density at radius 2 is 1.96 bits per heavy atom. The van der Waals surface area contributed by atoms with Gasteiger partial charge in [0.2, 0.25) is 0 Å². The van der Waals surface area contributed by atoms with Crippen LogP contribution in [-0.2, 0) is 4.79 Å². The van der Waals surface area contributed by atoms with E-state index in [1.807, 2.05) is 43.5 Å². The summed E-state index contributed by atoms with van der Waals surface area (Å²) < 4.78 is 6.80. The highest BCUT2D eigenvalue weighted by atomic mass is 16.5. The van der Waals surface area contributed by atoms with Gasteiger partial charge in [-0.3, -0.25) is 4.79 Å². The summed E-state index contributed by atoms with van der Waals surface area (Å²) in [5.74, 6) is 0.444. The van der Waals surface area contributed by atoms with Crippen LogP contribution in [0.15, 0.2) is 60.8 Å². The number of carbonyl (C=O) groups excluding carboxylic acids is 1. The van der Waals surface area contributed by atoms with E-state index >= 15 is 0 Å². The lowest BCUT2D eigenvalue weighted by Crippen LogP contribution is -2.21. The van der Waals surface area contributed by atoms with E-state index in [0.717, 1.165) is 11.3 Å². The first-order valence-electron chi connectivity index (χ1n) is 7.83. The molecule has 0 radical (unpaired) electrons. The largest absolute Gasteiger partial charge is 0.497 e. The first-order chi connectivity index (χ1) is 12.1. The van der Waals surface area contributed by atoms with Crippen molar-refractivity contribution in [2.45, 2.75) is 13.0 Å². The van der Waals surface area contributed by atoms with Gasteiger partial charge in [0.25, 0.3) is 5.91 Å². The molecular weight excluding hydrogens is 318 g/mol. The zero-order valence-electron chi connectivity index (χ0n) is 14.0. The van der Waals surface area contributed by atoms with Crippen molar-refractivity contribution >= 4 is 11.7 Å². The Bertz CT molecular complexity index is 875. The highest BCUT2D eigenvalue weighted by Crippen LogP contribution is 2.22. The van der Waals surface area contributed by atoms with Gasteiger partial charge in [-0.1, -0.05) is 30.3 Å². The second kappa shape index (κ2) is 7.19. The Morgan fingerprint density at radius 1 is 1.20 bits per heavy atom. The minimum absolute atomic E-state index is 0.413. The quantitative estimate of drug-likeness (QED) is 0.750. The van der Waals surface area contributed by atoms with Crippen LogP contribution >= 0.6 is 0 Å². The smallest absolute Gasteiger partial charge is 0.259 e. The number of carbonyl (C=O) groups is 1. The standard InChI is InChI=1S/C19H19N3O3/c1-13-12-22(15-8-4-3-5-9-15)21-18(13)20-19(24)17(23)14-7-6-10-16(11-14)25-2/h3-12,17,23H,1-2H3,(H,20,21,24). The van der Waals surface area contributed by atoms with Gasteiger partial charge >= 0.3 is 0 Å². The number of aliphatic hydroxyl groups is 1. The van der Waals surface area contributed by atoms with E-state index in [1.165, 1.54) is 7.11 Å². The van der Waals surface area contributed by atoms with Crippen LogP contribution in [0.3, 0.4) is 0 Å². The summed E-state index contributed by atoms with van der Waals surface area (Å²) in [6.07, 6.45) is 0.513. The summed E-state index contributed by atoms with van der Waals surface area (Å²) in [5.41, 5.74) is 2.14. The van der Waals surface area contributed by atoms with Gasteiger partial charge in [-0.2, -0.15) is 0 Å². The highest BCUT2D eigenvalue weighted by molar-refractivity contribution is 5.94. The molecular formula is C19H19N3O3. The number of para-hydroxylation sites is 1. The summed E-state index contributed by atoms with van der Waals surface area (Å²) >= 11 is 0. The molecule has 6 heteroatoms. The number of aryl methyl sites for hydroxylation is 1. The molecule has 0 aliphatic heterocycles. The minimum atomic E-state index is -1.31. The van der Waals surface area contributed by atoms with Crippen molar-refractivity contribution in [1.29, 1.82) is 0 Å². The Labute approximate surface area is 145 Å². The van der Waals surface area contributed by atoms with Gasteiger partial charge in [-0.05, 0) is 36.8 Å². The van der Waals surface area contributed by atoms with E-state index in [0.29, 0.717) is 17.1 Å². The summed E-state index contributed by atoms with van der Waals surface area (Å²) in [5, 5.41) is 17.3. The number of ether oxygens (including phenoxy) is 1. The molecule has 3 rings (SSSR count). The van der Waals surface area contributed by atoms with Gasteiger partial charge in [0, 0.05) is 11.8 Å². The molecule has 1 aromatic heterocycles. The van der Waals surface area contributed by atoms with E-state index in [2.05, 4.69) is 10.4 Å². The van der Waals surface area contributed by atoms with Gasteiger partial charge in [0.05, 0.1) is 12.8 Å². The molecule has 1 amide bonds. The molecule has 0 bridgehead atoms. The number of benzene rings is 2. The lowest BCUT2D eigenvalue weighted by molar-refractivity contribution is -0.124. The fourth-order valence-corrected chi connectivity index (χ4v) is 2.44. The number of nitrogens with one attached hydrogen (secondary N) is 1. The number of rotatable bonds is 5. The Morgan fingerprint density at radius 3 is 2.68 bits per heavy atom. The van der Waals surface area contributed by atoms with Crippen LogP contribution < -0.4 is 10.1 Å². The Kier molecular flexibility index (Phi) is 4.81. The van der Waals surface area contributed by atoms with Crippen molar-refractivity contribution in [2.75, 3.05) is 12.4 Å². The minimum Gasteiger partial charge on any atom is -0.497 e. The number of methoxy groups -OCH3 is 1. The number of nitrogens with zero attached hydrogens (tertiary/aromatic N) is 2. The van der Waals surface area contributed by atoms with Crippen molar-refractivity contribution in [3.8, 4) is 11.4 Å². The summed E-state index contributed by atoms with van der Waals surface area (Å²) in [6, 6.07) is 16.4. The number of amides is 1. The molecule has 0 spiro atoms. The van der Waals surface area contributed by atoms with Crippen LogP contribution in [0, 0.1) is 6.92 Å². The van der Waals surface area contributed by atoms with Crippen molar-refractivity contribution in [1.82, 2.24) is 9.78 Å². The predicted molar refractivity (Wildman–Crippen MR) is 94.9 cm³/mol. The maximum atomic E-state index is 12.4. The molecule has 1 heterocycles. The van der Waals surface area contributed by atoms with Gasteiger partial charge in [0.15, 0.2) is 11.9 Å². The van der Waals surface area contributed by atoms with Crippen molar-refractivity contribution < 1.29 is 14.6 Å². The molecule has 0 aliphatic rings. The van der Waals surface area contributed by atoms with Gasteiger partial charge in [-0.15, -0.1) is 5.10 Å². The Hall–Kier alpha value is -3.12. The van der Waals surface area contributed by atoms with E-state index < -0.39 is 12.0 Å². The summed E-state index contributed by atoms with van der Waals surface area (Å²) in [7, 11) is 1.53. The number of hydrogen-bond donors (Lipinski definition) is 2. The first kappa shape index (κ1) is 16.7. The molecule has 0 fully saturated rings. The molecule has 0 aliphatic carbocycles. The molecule has 2 N–H and O–H groups in total. The topological polar surface area (TPSA) is 76.4 Å². The lowest BCUT2D eigenvalue weighted by atomic mass is 10.1. The molecule has 6 nitrogen and oxygen atoms in total. The summed E-state index contributed by atoms with van der Waals surface area (Å²) in [6.45, 7) is 1.85. The van der Waals surface area contributed by atoms with Gasteiger partial charge < -0.3 is 15.2 Å². The number of aliphatic hydroxyl groups excluding tert-OH is 1.